The highest BCUT2D eigenvalue weighted by atomic mass is 35.5. The van der Waals surface area contributed by atoms with Crippen LogP contribution in [0, 0.1) is 0 Å². The Balaban J connectivity index is 3.08. The predicted molar refractivity (Wildman–Crippen MR) is 113 cm³/mol. The van der Waals surface area contributed by atoms with Gasteiger partial charge in [-0.3, -0.25) is 23.6 Å². The van der Waals surface area contributed by atoms with E-state index in [1.165, 1.54) is 0 Å². The second-order valence-electron chi connectivity index (χ2n) is 6.24. The summed E-state index contributed by atoms with van der Waals surface area (Å²) in [6.45, 7) is -1.40. The van der Waals surface area contributed by atoms with Crippen molar-refractivity contribution in [1.82, 2.24) is 15.4 Å². The van der Waals surface area contributed by atoms with Crippen LogP contribution in [0.3, 0.4) is 0 Å². The molecule has 0 saturated carbocycles. The summed E-state index contributed by atoms with van der Waals surface area (Å²) in [4.78, 5) is 47.3. The highest BCUT2D eigenvalue weighted by Gasteiger charge is 2.36. The van der Waals surface area contributed by atoms with Crippen molar-refractivity contribution in [2.24, 2.45) is 0 Å². The van der Waals surface area contributed by atoms with Crippen molar-refractivity contribution in [2.45, 2.75) is 18.8 Å². The van der Waals surface area contributed by atoms with Crippen LogP contribution < -0.4 is 15.4 Å². The predicted octanol–water partition coefficient (Wildman–Crippen LogP) is -0.963. The minimum atomic E-state index is -5.16. The van der Waals surface area contributed by atoms with E-state index < -0.39 is 69.1 Å². The SMILES string of the molecule is CS(=O)(=O)O[C@H](COC(=O)NC(=O)CCl)[C@H](NC(=O)OCc1ccccc1)C(=O)NS(=O)(=O)O. The van der Waals surface area contributed by atoms with Gasteiger partial charge in [0.1, 0.15) is 31.2 Å². The molecule has 1 rings (SSSR count). The van der Waals surface area contributed by atoms with Crippen molar-refractivity contribution in [2.75, 3.05) is 18.7 Å². The van der Waals surface area contributed by atoms with Crippen LogP contribution in [0.1, 0.15) is 5.56 Å². The van der Waals surface area contributed by atoms with Crippen LogP contribution >= 0.6 is 11.6 Å². The summed E-state index contributed by atoms with van der Waals surface area (Å²) in [7, 11) is -9.56. The van der Waals surface area contributed by atoms with Crippen LogP contribution in [0.4, 0.5) is 9.59 Å². The maximum atomic E-state index is 12.3. The number of hydrogen-bond acceptors (Lipinski definition) is 11. The van der Waals surface area contributed by atoms with Gasteiger partial charge in [-0.1, -0.05) is 30.3 Å². The van der Waals surface area contributed by atoms with Gasteiger partial charge in [-0.25, -0.2) is 14.3 Å². The van der Waals surface area contributed by atoms with Gasteiger partial charge >= 0.3 is 22.5 Å². The lowest BCUT2D eigenvalue weighted by Gasteiger charge is -2.25. The number of imide groups is 1. The second-order valence-corrected chi connectivity index (χ2v) is 9.27. The fraction of sp³-hybridized carbons (Fsp3) is 0.375. The van der Waals surface area contributed by atoms with Gasteiger partial charge in [0, 0.05) is 0 Å². The number of alkyl carbamates (subject to hydrolysis) is 2. The summed E-state index contributed by atoms with van der Waals surface area (Å²) in [6.07, 6.45) is -4.28. The maximum absolute atomic E-state index is 12.3. The van der Waals surface area contributed by atoms with E-state index in [-0.39, 0.29) is 6.61 Å². The first kappa shape index (κ1) is 29.0. The standard InChI is InChI=1S/C16H20ClN3O12S2/c1-33(25,26)32-11(9-31-15(23)18-12(21)7-17)13(14(22)20-34(27,28)29)19-16(24)30-8-10-5-3-2-4-6-10/h2-6,11,13H,7-9H2,1H3,(H,19,24)(H,20,22)(H,18,21,23)(H,27,28,29)/t11-,13+/m1/s1. The highest BCUT2D eigenvalue weighted by molar-refractivity contribution is 7.86. The lowest BCUT2D eigenvalue weighted by Crippen LogP contribution is -2.57. The Bertz CT molecular complexity index is 1100. The molecule has 0 aromatic heterocycles. The number of hydrogen-bond donors (Lipinski definition) is 4. The van der Waals surface area contributed by atoms with E-state index in [0.29, 0.717) is 11.8 Å². The highest BCUT2D eigenvalue weighted by Crippen LogP contribution is 2.08. The Morgan fingerprint density at radius 2 is 1.65 bits per heavy atom. The maximum Gasteiger partial charge on any atom is 0.413 e. The van der Waals surface area contributed by atoms with E-state index in [9.17, 15) is 36.0 Å². The number of alkyl halides is 1. The minimum absolute atomic E-state index is 0.295. The molecule has 0 spiro atoms. The molecule has 4 N–H and O–H groups in total. The average Bonchev–Trinajstić information content (AvgIpc) is 2.72. The Morgan fingerprint density at radius 3 is 2.18 bits per heavy atom. The van der Waals surface area contributed by atoms with Gasteiger partial charge < -0.3 is 14.8 Å². The summed E-state index contributed by atoms with van der Waals surface area (Å²) < 4.78 is 69.4. The first-order valence-electron chi connectivity index (χ1n) is 8.87. The number of halogens is 1. The largest absolute Gasteiger partial charge is 0.446 e. The fourth-order valence-corrected chi connectivity index (χ4v) is 3.22. The molecule has 0 aliphatic rings. The Labute approximate surface area is 199 Å². The molecule has 0 bridgehead atoms. The van der Waals surface area contributed by atoms with E-state index in [0.717, 1.165) is 4.72 Å². The number of carbonyl (C=O) groups excluding carboxylic acids is 4. The third-order valence-corrected chi connectivity index (χ3v) is 4.71. The van der Waals surface area contributed by atoms with E-state index in [1.54, 1.807) is 35.6 Å². The zero-order valence-electron chi connectivity index (χ0n) is 17.3. The van der Waals surface area contributed by atoms with Gasteiger partial charge in [0.05, 0.1) is 6.26 Å². The summed E-state index contributed by atoms with van der Waals surface area (Å²) in [6, 6.07) is 5.98. The molecule has 0 unspecified atom stereocenters. The third-order valence-electron chi connectivity index (χ3n) is 3.41. The molecular weight excluding hydrogens is 526 g/mol. The molecule has 0 saturated heterocycles. The third kappa shape index (κ3) is 12.3. The zero-order valence-corrected chi connectivity index (χ0v) is 19.7. The van der Waals surface area contributed by atoms with Crippen LogP contribution in [0.2, 0.25) is 0 Å². The second kappa shape index (κ2) is 13.0. The Morgan fingerprint density at radius 1 is 1.03 bits per heavy atom. The smallest absolute Gasteiger partial charge is 0.413 e. The Hall–Kier alpha value is -2.99. The van der Waals surface area contributed by atoms with Crippen LogP contribution in [0.25, 0.3) is 0 Å². The van der Waals surface area contributed by atoms with Gasteiger partial charge in [0.15, 0.2) is 0 Å². The van der Waals surface area contributed by atoms with E-state index in [2.05, 4.69) is 8.92 Å². The molecule has 2 atom stereocenters. The van der Waals surface area contributed by atoms with Crippen molar-refractivity contribution < 1.29 is 54.2 Å². The van der Waals surface area contributed by atoms with Crippen LogP contribution in [0.15, 0.2) is 30.3 Å². The molecule has 15 nitrogen and oxygen atoms in total. The van der Waals surface area contributed by atoms with Crippen molar-refractivity contribution in [3.63, 3.8) is 0 Å². The molecule has 34 heavy (non-hydrogen) atoms. The number of nitrogens with one attached hydrogen (secondary N) is 3. The molecule has 0 aliphatic heterocycles. The summed E-state index contributed by atoms with van der Waals surface area (Å²) in [5, 5.41) is 3.52. The molecule has 0 aliphatic carbocycles. The minimum Gasteiger partial charge on any atom is -0.446 e. The molecule has 18 heteroatoms. The molecule has 190 valence electrons. The first-order valence-corrected chi connectivity index (χ1v) is 12.7. The number of carbonyl (C=O) groups is 4. The van der Waals surface area contributed by atoms with Gasteiger partial charge in [-0.05, 0) is 5.56 Å². The summed E-state index contributed by atoms with van der Waals surface area (Å²) in [5.74, 6) is -3.27. The lowest BCUT2D eigenvalue weighted by atomic mass is 10.1. The van der Waals surface area contributed by atoms with Gasteiger partial charge in [0.25, 0.3) is 16.0 Å². The molecule has 4 amide bonds. The van der Waals surface area contributed by atoms with Gasteiger partial charge in [-0.2, -0.15) is 16.8 Å². The number of benzene rings is 1. The normalized spacial score (nSPS) is 13.1. The fourth-order valence-electron chi connectivity index (χ4n) is 2.15. The van der Waals surface area contributed by atoms with Crippen LogP contribution in [0.5, 0.6) is 0 Å². The average molecular weight is 546 g/mol. The molecule has 0 fully saturated rings. The first-order chi connectivity index (χ1) is 15.7. The zero-order chi connectivity index (χ0) is 25.9. The molecule has 0 radical (unpaired) electrons. The van der Waals surface area contributed by atoms with E-state index in [4.69, 9.17) is 20.9 Å². The van der Waals surface area contributed by atoms with E-state index in [1.807, 2.05) is 5.32 Å². The van der Waals surface area contributed by atoms with Crippen LogP contribution in [-0.4, -0.2) is 76.3 Å². The monoisotopic (exact) mass is 545 g/mol. The molecule has 1 aromatic carbocycles. The van der Waals surface area contributed by atoms with E-state index >= 15 is 0 Å². The number of amides is 4. The van der Waals surface area contributed by atoms with Crippen molar-refractivity contribution in [3.05, 3.63) is 35.9 Å². The van der Waals surface area contributed by atoms with Crippen molar-refractivity contribution in [1.29, 1.82) is 0 Å². The topological polar surface area (TPSA) is 221 Å². The Kier molecular flexibility index (Phi) is 11.1. The molecule has 0 heterocycles. The van der Waals surface area contributed by atoms with Gasteiger partial charge in [0.2, 0.25) is 5.91 Å². The van der Waals surface area contributed by atoms with Crippen molar-refractivity contribution in [3.8, 4) is 0 Å². The molecule has 1 aromatic rings. The van der Waals surface area contributed by atoms with Crippen LogP contribution in [-0.2, 0) is 50.3 Å². The quantitative estimate of drug-likeness (QED) is 0.150. The summed E-state index contributed by atoms with van der Waals surface area (Å²) >= 11 is 5.21. The van der Waals surface area contributed by atoms with Gasteiger partial charge in [-0.15, -0.1) is 11.6 Å². The molecular formula is C16H20ClN3O12S2. The summed E-state index contributed by atoms with van der Waals surface area (Å²) in [5.41, 5.74) is 0.532. The number of ether oxygens (including phenoxy) is 2. The number of rotatable bonds is 11. The lowest BCUT2D eigenvalue weighted by molar-refractivity contribution is -0.124. The van der Waals surface area contributed by atoms with Crippen molar-refractivity contribution >= 4 is 56.0 Å².